The maximum atomic E-state index is 4.21. The molecule has 0 aliphatic heterocycles. The number of rotatable bonds is 3. The summed E-state index contributed by atoms with van der Waals surface area (Å²) in [6.45, 7) is 8.51. The topological polar surface area (TPSA) is 24.9 Å². The maximum absolute atomic E-state index is 4.21. The van der Waals surface area contributed by atoms with E-state index in [1.54, 1.807) is 0 Å². The number of fused-ring (bicyclic) bond motifs is 1. The Labute approximate surface area is 108 Å². The van der Waals surface area contributed by atoms with Crippen LogP contribution in [0.1, 0.15) is 18.9 Å². The maximum Gasteiger partial charge on any atom is 0.0388 e. The Kier molecular flexibility index (Phi) is 2.58. The molecule has 1 fully saturated rings. The first-order valence-electron chi connectivity index (χ1n) is 6.45. The van der Waals surface area contributed by atoms with Gasteiger partial charge in [-0.25, -0.2) is 0 Å². The van der Waals surface area contributed by atoms with Gasteiger partial charge in [0.1, 0.15) is 0 Å². The van der Waals surface area contributed by atoms with Gasteiger partial charge in [-0.15, -0.1) is 0 Å². The van der Waals surface area contributed by atoms with Crippen molar-refractivity contribution in [2.75, 3.05) is 5.32 Å². The molecule has 0 radical (unpaired) electrons. The van der Waals surface area contributed by atoms with Gasteiger partial charge in [0.2, 0.25) is 0 Å². The molecule has 1 aromatic carbocycles. The van der Waals surface area contributed by atoms with Crippen LogP contribution < -0.4 is 5.32 Å². The zero-order chi connectivity index (χ0) is 12.7. The van der Waals surface area contributed by atoms with E-state index in [0.717, 1.165) is 17.3 Å². The summed E-state index contributed by atoms with van der Waals surface area (Å²) in [6.07, 6.45) is 5.08. The standard InChI is InChI=1S/C16H18N2/c1-10-6-15(10)12(3)18-14-5-4-13-9-17-8-11(2)16(13)7-14/h4-5,7-10,15,18H,3,6H2,1-2H3. The van der Waals surface area contributed by atoms with Crippen molar-refractivity contribution in [1.82, 2.24) is 4.98 Å². The monoisotopic (exact) mass is 238 g/mol. The lowest BCUT2D eigenvalue weighted by Gasteiger charge is -2.10. The molecule has 2 heteroatoms. The van der Waals surface area contributed by atoms with E-state index in [-0.39, 0.29) is 0 Å². The van der Waals surface area contributed by atoms with E-state index >= 15 is 0 Å². The molecule has 1 aliphatic rings. The van der Waals surface area contributed by atoms with Crippen LogP contribution >= 0.6 is 0 Å². The molecule has 1 aliphatic carbocycles. The highest BCUT2D eigenvalue weighted by atomic mass is 14.9. The fourth-order valence-electron chi connectivity index (χ4n) is 2.47. The molecule has 2 aromatic rings. The van der Waals surface area contributed by atoms with E-state index in [2.05, 4.69) is 48.9 Å². The van der Waals surface area contributed by atoms with Crippen LogP contribution in [0.25, 0.3) is 10.8 Å². The summed E-state index contributed by atoms with van der Waals surface area (Å²) in [5, 5.41) is 5.88. The second kappa shape index (κ2) is 4.13. The normalized spacial score (nSPS) is 21.9. The third kappa shape index (κ3) is 1.99. The van der Waals surface area contributed by atoms with E-state index in [4.69, 9.17) is 0 Å². The predicted molar refractivity (Wildman–Crippen MR) is 76.5 cm³/mol. The predicted octanol–water partition coefficient (Wildman–Crippen LogP) is 4.12. The van der Waals surface area contributed by atoms with E-state index in [1.807, 2.05) is 12.4 Å². The number of benzene rings is 1. The molecule has 1 aromatic heterocycles. The summed E-state index contributed by atoms with van der Waals surface area (Å²) in [4.78, 5) is 4.21. The lowest BCUT2D eigenvalue weighted by Crippen LogP contribution is -2.00. The van der Waals surface area contributed by atoms with Gasteiger partial charge in [0.05, 0.1) is 0 Å². The molecule has 0 amide bonds. The molecule has 3 rings (SSSR count). The van der Waals surface area contributed by atoms with Crippen molar-refractivity contribution < 1.29 is 0 Å². The molecule has 1 heterocycles. The molecule has 1 N–H and O–H groups in total. The van der Waals surface area contributed by atoms with Crippen molar-refractivity contribution in [3.63, 3.8) is 0 Å². The van der Waals surface area contributed by atoms with Crippen molar-refractivity contribution in [2.45, 2.75) is 20.3 Å². The third-order valence-electron chi connectivity index (χ3n) is 3.82. The minimum Gasteiger partial charge on any atom is -0.359 e. The van der Waals surface area contributed by atoms with E-state index in [0.29, 0.717) is 5.92 Å². The third-order valence-corrected chi connectivity index (χ3v) is 3.82. The van der Waals surface area contributed by atoms with Crippen LogP contribution in [0.5, 0.6) is 0 Å². The van der Waals surface area contributed by atoms with Crippen LogP contribution in [0.3, 0.4) is 0 Å². The molecular weight excluding hydrogens is 220 g/mol. The molecule has 18 heavy (non-hydrogen) atoms. The highest BCUT2D eigenvalue weighted by molar-refractivity contribution is 5.87. The number of anilines is 1. The largest absolute Gasteiger partial charge is 0.359 e. The highest BCUT2D eigenvalue weighted by Gasteiger charge is 2.34. The van der Waals surface area contributed by atoms with Crippen molar-refractivity contribution in [1.29, 1.82) is 0 Å². The SMILES string of the molecule is C=C(Nc1ccc2cncc(C)c2c1)C1CC1C. The summed E-state index contributed by atoms with van der Waals surface area (Å²) in [6, 6.07) is 6.40. The lowest BCUT2D eigenvalue weighted by atomic mass is 10.1. The Morgan fingerprint density at radius 2 is 2.17 bits per heavy atom. The number of aromatic nitrogens is 1. The second-order valence-corrected chi connectivity index (χ2v) is 5.36. The number of pyridine rings is 1. The molecule has 1 saturated carbocycles. The number of nitrogens with one attached hydrogen (secondary N) is 1. The molecule has 0 spiro atoms. The number of hydrogen-bond acceptors (Lipinski definition) is 2. The van der Waals surface area contributed by atoms with Gasteiger partial charge in [-0.3, -0.25) is 4.98 Å². The van der Waals surface area contributed by atoms with Crippen molar-refractivity contribution in [3.8, 4) is 0 Å². The van der Waals surface area contributed by atoms with Gasteiger partial charge in [-0.2, -0.15) is 0 Å². The van der Waals surface area contributed by atoms with Crippen molar-refractivity contribution in [3.05, 3.63) is 48.4 Å². The first-order valence-corrected chi connectivity index (χ1v) is 6.45. The average Bonchev–Trinajstić information content (AvgIpc) is 3.08. The van der Waals surface area contributed by atoms with Crippen LogP contribution in [0.2, 0.25) is 0 Å². The van der Waals surface area contributed by atoms with Crippen LogP contribution in [0, 0.1) is 18.8 Å². The Balaban J connectivity index is 1.89. The molecule has 92 valence electrons. The van der Waals surface area contributed by atoms with Crippen LogP contribution in [-0.2, 0) is 0 Å². The Morgan fingerprint density at radius 1 is 1.39 bits per heavy atom. The molecule has 0 saturated heterocycles. The van der Waals surface area contributed by atoms with Gasteiger partial charge < -0.3 is 5.32 Å². The quantitative estimate of drug-likeness (QED) is 0.869. The van der Waals surface area contributed by atoms with Crippen molar-refractivity contribution in [2.24, 2.45) is 11.8 Å². The first kappa shape index (κ1) is 11.3. The number of nitrogens with zero attached hydrogens (tertiary/aromatic N) is 1. The Hall–Kier alpha value is -1.83. The summed E-state index contributed by atoms with van der Waals surface area (Å²) in [5.41, 5.74) is 3.48. The second-order valence-electron chi connectivity index (χ2n) is 5.36. The van der Waals surface area contributed by atoms with Gasteiger partial charge >= 0.3 is 0 Å². The zero-order valence-electron chi connectivity index (χ0n) is 10.9. The summed E-state index contributed by atoms with van der Waals surface area (Å²) in [5.74, 6) is 1.44. The van der Waals surface area contributed by atoms with Gasteiger partial charge in [-0.05, 0) is 42.3 Å². The summed E-state index contributed by atoms with van der Waals surface area (Å²) >= 11 is 0. The molecule has 2 atom stereocenters. The van der Waals surface area contributed by atoms with Crippen molar-refractivity contribution >= 4 is 16.5 Å². The van der Waals surface area contributed by atoms with Crippen LogP contribution in [-0.4, -0.2) is 4.98 Å². The molecule has 2 unspecified atom stereocenters. The minimum absolute atomic E-state index is 0.652. The van der Waals surface area contributed by atoms with Crippen LogP contribution in [0.15, 0.2) is 42.9 Å². The van der Waals surface area contributed by atoms with Gasteiger partial charge in [-0.1, -0.05) is 19.6 Å². The Morgan fingerprint density at radius 3 is 2.89 bits per heavy atom. The van der Waals surface area contributed by atoms with Gasteiger partial charge in [0.15, 0.2) is 0 Å². The van der Waals surface area contributed by atoms with Crippen LogP contribution in [0.4, 0.5) is 5.69 Å². The van der Waals surface area contributed by atoms with E-state index < -0.39 is 0 Å². The Bertz CT molecular complexity index is 616. The van der Waals surface area contributed by atoms with E-state index in [1.165, 1.54) is 22.8 Å². The number of allylic oxidation sites excluding steroid dienone is 1. The lowest BCUT2D eigenvalue weighted by molar-refractivity contribution is 0.863. The molecule has 2 nitrogen and oxygen atoms in total. The molecule has 0 bridgehead atoms. The van der Waals surface area contributed by atoms with E-state index in [9.17, 15) is 0 Å². The van der Waals surface area contributed by atoms with Gasteiger partial charge in [0, 0.05) is 35.1 Å². The summed E-state index contributed by atoms with van der Waals surface area (Å²) < 4.78 is 0. The minimum atomic E-state index is 0.652. The fourth-order valence-corrected chi connectivity index (χ4v) is 2.47. The average molecular weight is 238 g/mol. The fraction of sp³-hybridized carbons (Fsp3) is 0.312. The number of hydrogen-bond donors (Lipinski definition) is 1. The van der Waals surface area contributed by atoms with Gasteiger partial charge in [0.25, 0.3) is 0 Å². The summed E-state index contributed by atoms with van der Waals surface area (Å²) in [7, 11) is 0. The smallest absolute Gasteiger partial charge is 0.0388 e. The zero-order valence-corrected chi connectivity index (χ0v) is 10.9. The number of aryl methyl sites for hydroxylation is 1. The molecular formula is C16H18N2. The first-order chi connectivity index (χ1) is 8.65. The highest BCUT2D eigenvalue weighted by Crippen LogP contribution is 2.43.